The summed E-state index contributed by atoms with van der Waals surface area (Å²) in [6.45, 7) is 6.89. The van der Waals surface area contributed by atoms with Crippen LogP contribution in [0.1, 0.15) is 37.9 Å². The molecule has 1 N–H and O–H groups in total. The minimum absolute atomic E-state index is 0.200. The highest BCUT2D eigenvalue weighted by Crippen LogP contribution is 2.39. The summed E-state index contributed by atoms with van der Waals surface area (Å²) in [4.78, 5) is 29.4. The Morgan fingerprint density at radius 1 is 1.05 bits per heavy atom. The molecule has 0 saturated carbocycles. The van der Waals surface area contributed by atoms with E-state index in [1.165, 1.54) is 29.9 Å². The smallest absolute Gasteiger partial charge is 0.249 e. The fraction of sp³-hybridized carbons (Fsp3) is 0.310. The van der Waals surface area contributed by atoms with E-state index in [1.807, 2.05) is 32.9 Å². The Labute approximate surface area is 226 Å². The fourth-order valence-corrected chi connectivity index (χ4v) is 4.37. The first kappa shape index (κ1) is 27.6. The maximum Gasteiger partial charge on any atom is 0.249 e. The van der Waals surface area contributed by atoms with Crippen molar-refractivity contribution in [1.82, 2.24) is 20.3 Å². The van der Waals surface area contributed by atoms with Crippen molar-refractivity contribution < 1.29 is 23.5 Å². The van der Waals surface area contributed by atoms with Gasteiger partial charge in [0, 0.05) is 16.8 Å². The van der Waals surface area contributed by atoms with Gasteiger partial charge in [-0.3, -0.25) is 14.5 Å². The van der Waals surface area contributed by atoms with Crippen molar-refractivity contribution in [2.75, 3.05) is 19.1 Å². The number of halogens is 1. The van der Waals surface area contributed by atoms with E-state index in [-0.39, 0.29) is 18.0 Å². The molecule has 0 spiro atoms. The number of nitrogens with zero attached hydrogens (tertiary/aromatic N) is 4. The molecule has 204 valence electrons. The van der Waals surface area contributed by atoms with Gasteiger partial charge in [-0.15, -0.1) is 5.10 Å². The second-order valence-corrected chi connectivity index (χ2v) is 10.2. The number of fused-ring (bicyclic) bond motifs is 1. The number of rotatable bonds is 8. The standard InChI is InChI=1S/C29H32FN5O4/c1-18-14-15-19(16-21(18)30)35(25(36)17-34-23-12-8-7-11-22(23)32-33-34)26(28(37)31-29(2,3)4)20-10-9-13-24(38-5)27(20)39-6/h7-16,26H,17H2,1-6H3,(H,31,37). The van der Waals surface area contributed by atoms with Crippen molar-refractivity contribution in [2.45, 2.75) is 45.8 Å². The lowest BCUT2D eigenvalue weighted by molar-refractivity contribution is -0.128. The number of ether oxygens (including phenoxy) is 2. The SMILES string of the molecule is COc1cccc(C(C(=O)NC(C)(C)C)N(C(=O)Cn2nnc3ccccc32)c2ccc(C)c(F)c2)c1OC. The van der Waals surface area contributed by atoms with Crippen LogP contribution in [-0.4, -0.2) is 46.6 Å². The van der Waals surface area contributed by atoms with E-state index in [0.29, 0.717) is 27.9 Å². The summed E-state index contributed by atoms with van der Waals surface area (Å²) in [5.74, 6) is -0.831. The van der Waals surface area contributed by atoms with E-state index >= 15 is 0 Å². The van der Waals surface area contributed by atoms with Crippen LogP contribution < -0.4 is 19.7 Å². The van der Waals surface area contributed by atoms with Crippen LogP contribution in [0, 0.1) is 12.7 Å². The first-order valence-electron chi connectivity index (χ1n) is 12.4. The lowest BCUT2D eigenvalue weighted by atomic mass is 9.99. The predicted molar refractivity (Wildman–Crippen MR) is 146 cm³/mol. The molecule has 0 fully saturated rings. The number of hydrogen-bond donors (Lipinski definition) is 1. The highest BCUT2D eigenvalue weighted by molar-refractivity contribution is 6.02. The number of methoxy groups -OCH3 is 2. The molecule has 0 bridgehead atoms. The largest absolute Gasteiger partial charge is 0.493 e. The van der Waals surface area contributed by atoms with Gasteiger partial charge >= 0.3 is 0 Å². The highest BCUT2D eigenvalue weighted by atomic mass is 19.1. The van der Waals surface area contributed by atoms with E-state index in [9.17, 15) is 14.0 Å². The van der Waals surface area contributed by atoms with Gasteiger partial charge in [0.05, 0.1) is 19.7 Å². The first-order chi connectivity index (χ1) is 18.5. The third kappa shape index (κ3) is 5.84. The van der Waals surface area contributed by atoms with Crippen LogP contribution in [0.15, 0.2) is 60.7 Å². The van der Waals surface area contributed by atoms with Gasteiger partial charge in [-0.25, -0.2) is 9.07 Å². The Hall–Kier alpha value is -4.47. The van der Waals surface area contributed by atoms with Crippen molar-refractivity contribution >= 4 is 28.5 Å². The summed E-state index contributed by atoms with van der Waals surface area (Å²) >= 11 is 0. The molecule has 0 aliphatic carbocycles. The van der Waals surface area contributed by atoms with Gasteiger partial charge in [-0.1, -0.05) is 35.5 Å². The maximum absolute atomic E-state index is 14.9. The molecule has 1 aromatic heterocycles. The van der Waals surface area contributed by atoms with Gasteiger partial charge < -0.3 is 14.8 Å². The lowest BCUT2D eigenvalue weighted by Gasteiger charge is -2.34. The summed E-state index contributed by atoms with van der Waals surface area (Å²) in [5.41, 5.74) is 1.62. The zero-order valence-corrected chi connectivity index (χ0v) is 22.9. The highest BCUT2D eigenvalue weighted by Gasteiger charge is 2.37. The summed E-state index contributed by atoms with van der Waals surface area (Å²) in [5, 5.41) is 11.2. The zero-order valence-electron chi connectivity index (χ0n) is 22.9. The molecule has 0 aliphatic rings. The minimum Gasteiger partial charge on any atom is -0.493 e. The number of hydrogen-bond acceptors (Lipinski definition) is 6. The van der Waals surface area contributed by atoms with E-state index in [0.717, 1.165) is 0 Å². The van der Waals surface area contributed by atoms with Crippen molar-refractivity contribution in [3.63, 3.8) is 0 Å². The number of carbonyl (C=O) groups excluding carboxylic acids is 2. The number of carbonyl (C=O) groups is 2. The number of para-hydroxylation sites is 2. The van der Waals surface area contributed by atoms with E-state index in [2.05, 4.69) is 15.6 Å². The van der Waals surface area contributed by atoms with Crippen LogP contribution in [0.4, 0.5) is 10.1 Å². The van der Waals surface area contributed by atoms with Gasteiger partial charge in [0.15, 0.2) is 11.5 Å². The first-order valence-corrected chi connectivity index (χ1v) is 12.4. The Morgan fingerprint density at radius 2 is 1.79 bits per heavy atom. The van der Waals surface area contributed by atoms with Gasteiger partial charge in [-0.05, 0) is 63.6 Å². The van der Waals surface area contributed by atoms with Crippen LogP contribution in [0.2, 0.25) is 0 Å². The van der Waals surface area contributed by atoms with E-state index in [1.54, 1.807) is 49.4 Å². The molecular weight excluding hydrogens is 501 g/mol. The van der Waals surface area contributed by atoms with Crippen LogP contribution >= 0.6 is 0 Å². The normalized spacial score (nSPS) is 12.2. The lowest BCUT2D eigenvalue weighted by Crippen LogP contribution is -2.50. The predicted octanol–water partition coefficient (Wildman–Crippen LogP) is 4.59. The molecule has 4 rings (SSSR count). The van der Waals surface area contributed by atoms with Crippen LogP contribution in [0.3, 0.4) is 0 Å². The third-order valence-corrected chi connectivity index (χ3v) is 6.14. The Morgan fingerprint density at radius 3 is 2.46 bits per heavy atom. The molecule has 10 heteroatoms. The third-order valence-electron chi connectivity index (χ3n) is 6.14. The quantitative estimate of drug-likeness (QED) is 0.356. The molecule has 0 saturated heterocycles. The van der Waals surface area contributed by atoms with Gasteiger partial charge in [0.1, 0.15) is 23.9 Å². The number of anilines is 1. The number of benzene rings is 3. The molecule has 1 heterocycles. The van der Waals surface area contributed by atoms with Crippen molar-refractivity contribution in [3.8, 4) is 11.5 Å². The molecule has 1 atom stereocenters. The Kier molecular flexibility index (Phi) is 7.85. The van der Waals surface area contributed by atoms with E-state index in [4.69, 9.17) is 9.47 Å². The number of nitrogens with one attached hydrogen (secondary N) is 1. The Balaban J connectivity index is 1.92. The number of aromatic nitrogens is 3. The maximum atomic E-state index is 14.9. The Bertz CT molecular complexity index is 1510. The molecule has 2 amide bonds. The van der Waals surface area contributed by atoms with Crippen molar-refractivity contribution in [1.29, 1.82) is 0 Å². The molecule has 1 unspecified atom stereocenters. The molecule has 0 aliphatic heterocycles. The van der Waals surface area contributed by atoms with Crippen LogP contribution in [0.5, 0.6) is 11.5 Å². The van der Waals surface area contributed by atoms with Crippen molar-refractivity contribution in [3.05, 3.63) is 77.6 Å². The second-order valence-electron chi connectivity index (χ2n) is 10.2. The summed E-state index contributed by atoms with van der Waals surface area (Å²) in [6.07, 6.45) is 0. The van der Waals surface area contributed by atoms with Crippen LogP contribution in [-0.2, 0) is 16.1 Å². The summed E-state index contributed by atoms with van der Waals surface area (Å²) in [6, 6.07) is 15.5. The van der Waals surface area contributed by atoms with Gasteiger partial charge in [0.2, 0.25) is 11.8 Å². The summed E-state index contributed by atoms with van der Waals surface area (Å²) < 4.78 is 27.5. The number of amides is 2. The van der Waals surface area contributed by atoms with Crippen molar-refractivity contribution in [2.24, 2.45) is 0 Å². The molecule has 4 aromatic rings. The zero-order chi connectivity index (χ0) is 28.3. The van der Waals surface area contributed by atoms with Gasteiger partial charge in [-0.2, -0.15) is 0 Å². The molecule has 9 nitrogen and oxygen atoms in total. The second kappa shape index (κ2) is 11.1. The molecule has 3 aromatic carbocycles. The molecule has 39 heavy (non-hydrogen) atoms. The number of aryl methyl sites for hydroxylation is 1. The minimum atomic E-state index is -1.24. The fourth-order valence-electron chi connectivity index (χ4n) is 4.37. The topological polar surface area (TPSA) is 98.6 Å². The monoisotopic (exact) mass is 533 g/mol. The average molecular weight is 534 g/mol. The molecule has 0 radical (unpaired) electrons. The average Bonchev–Trinajstić information content (AvgIpc) is 3.29. The van der Waals surface area contributed by atoms with E-state index < -0.39 is 29.2 Å². The molecular formula is C29H32FN5O4. The summed E-state index contributed by atoms with van der Waals surface area (Å²) in [7, 11) is 2.94. The van der Waals surface area contributed by atoms with Gasteiger partial charge in [0.25, 0.3) is 0 Å². The van der Waals surface area contributed by atoms with Crippen LogP contribution in [0.25, 0.3) is 11.0 Å².